The lowest BCUT2D eigenvalue weighted by Crippen LogP contribution is -2.39. The molecule has 23 heavy (non-hydrogen) atoms. The number of carbonyl (C=O) groups excluding carboxylic acids is 1. The summed E-state index contributed by atoms with van der Waals surface area (Å²) in [4.78, 5) is 12.2. The van der Waals surface area contributed by atoms with Crippen LogP contribution < -0.4 is 10.1 Å². The molecule has 1 unspecified atom stereocenters. The van der Waals surface area contributed by atoms with Crippen LogP contribution in [0.4, 0.5) is 0 Å². The zero-order chi connectivity index (χ0) is 16.1. The average molecular weight is 311 g/mol. The molecule has 1 aliphatic carbocycles. The fraction of sp³-hybridized carbons (Fsp3) is 0.450. The Morgan fingerprint density at radius 2 is 1.87 bits per heavy atom. The predicted octanol–water partition coefficient (Wildman–Crippen LogP) is 4.30. The maximum Gasteiger partial charge on any atom is 0.260 e. The highest BCUT2D eigenvalue weighted by Gasteiger charge is 2.18. The highest BCUT2D eigenvalue weighted by molar-refractivity contribution is 5.84. The molecule has 2 aromatic carbocycles. The van der Waals surface area contributed by atoms with Crippen molar-refractivity contribution in [2.45, 2.75) is 45.1 Å². The monoisotopic (exact) mass is 311 g/mol. The second-order valence-corrected chi connectivity index (χ2v) is 6.52. The number of hydrogen-bond donors (Lipinski definition) is 1. The Morgan fingerprint density at radius 1 is 1.13 bits per heavy atom. The van der Waals surface area contributed by atoms with Gasteiger partial charge in [-0.1, -0.05) is 49.6 Å². The minimum atomic E-state index is -0.472. The molecule has 1 atom stereocenters. The van der Waals surface area contributed by atoms with Crippen molar-refractivity contribution in [1.82, 2.24) is 5.32 Å². The Morgan fingerprint density at radius 3 is 2.65 bits per heavy atom. The fourth-order valence-electron chi connectivity index (χ4n) is 3.28. The third-order valence-corrected chi connectivity index (χ3v) is 4.69. The van der Waals surface area contributed by atoms with Gasteiger partial charge >= 0.3 is 0 Å². The summed E-state index contributed by atoms with van der Waals surface area (Å²) < 4.78 is 5.81. The Kier molecular flexibility index (Phi) is 5.16. The number of nitrogens with one attached hydrogen (secondary N) is 1. The molecule has 0 radical (unpaired) electrons. The molecule has 3 rings (SSSR count). The number of hydrogen-bond acceptors (Lipinski definition) is 2. The van der Waals surface area contributed by atoms with Crippen molar-refractivity contribution >= 4 is 16.7 Å². The number of carbonyl (C=O) groups is 1. The smallest absolute Gasteiger partial charge is 0.260 e. The molecule has 1 fully saturated rings. The summed E-state index contributed by atoms with van der Waals surface area (Å²) in [6, 6.07) is 14.1. The summed E-state index contributed by atoms with van der Waals surface area (Å²) in [5.74, 6) is 1.35. The maximum atomic E-state index is 12.2. The molecule has 0 heterocycles. The summed E-state index contributed by atoms with van der Waals surface area (Å²) in [6.07, 6.45) is 5.93. The van der Waals surface area contributed by atoms with E-state index in [-0.39, 0.29) is 5.91 Å². The van der Waals surface area contributed by atoms with Crippen LogP contribution >= 0.6 is 0 Å². The molecule has 0 aromatic heterocycles. The van der Waals surface area contributed by atoms with Gasteiger partial charge in [0.15, 0.2) is 6.10 Å². The second kappa shape index (κ2) is 7.49. The molecule has 1 aliphatic rings. The summed E-state index contributed by atoms with van der Waals surface area (Å²) in [5.41, 5.74) is 0. The van der Waals surface area contributed by atoms with Gasteiger partial charge in [0.1, 0.15) is 5.75 Å². The Balaban J connectivity index is 1.54. The predicted molar refractivity (Wildman–Crippen MR) is 93.6 cm³/mol. The largest absolute Gasteiger partial charge is 0.481 e. The SMILES string of the molecule is CC(Oc1ccc2ccccc2c1)C(=O)NCC1CCCCC1. The summed E-state index contributed by atoms with van der Waals surface area (Å²) in [7, 11) is 0. The van der Waals surface area contributed by atoms with E-state index in [9.17, 15) is 4.79 Å². The highest BCUT2D eigenvalue weighted by Crippen LogP contribution is 2.23. The van der Waals surface area contributed by atoms with E-state index in [2.05, 4.69) is 17.4 Å². The number of fused-ring (bicyclic) bond motifs is 1. The van der Waals surface area contributed by atoms with Crippen LogP contribution in [0.1, 0.15) is 39.0 Å². The number of amides is 1. The van der Waals surface area contributed by atoms with Crippen LogP contribution in [0.2, 0.25) is 0 Å². The lowest BCUT2D eigenvalue weighted by Gasteiger charge is -2.23. The van der Waals surface area contributed by atoms with Gasteiger partial charge in [-0.05, 0) is 48.6 Å². The molecule has 3 heteroatoms. The molecule has 0 bridgehead atoms. The summed E-state index contributed by atoms with van der Waals surface area (Å²) in [5, 5.41) is 5.35. The van der Waals surface area contributed by atoms with Gasteiger partial charge in [0.2, 0.25) is 0 Å². The minimum absolute atomic E-state index is 0.0243. The van der Waals surface area contributed by atoms with Crippen LogP contribution in [-0.4, -0.2) is 18.6 Å². The van der Waals surface area contributed by atoms with Gasteiger partial charge in [-0.15, -0.1) is 0 Å². The zero-order valence-electron chi connectivity index (χ0n) is 13.8. The molecule has 0 saturated heterocycles. The normalized spacial score (nSPS) is 16.9. The van der Waals surface area contributed by atoms with Crippen molar-refractivity contribution in [3.8, 4) is 5.75 Å². The van der Waals surface area contributed by atoms with Crippen LogP contribution in [0.15, 0.2) is 42.5 Å². The lowest BCUT2D eigenvalue weighted by atomic mass is 9.89. The van der Waals surface area contributed by atoms with Crippen molar-refractivity contribution in [1.29, 1.82) is 0 Å². The van der Waals surface area contributed by atoms with Crippen LogP contribution in [0.25, 0.3) is 10.8 Å². The molecule has 1 amide bonds. The summed E-state index contributed by atoms with van der Waals surface area (Å²) >= 11 is 0. The Hall–Kier alpha value is -2.03. The van der Waals surface area contributed by atoms with Crippen LogP contribution in [-0.2, 0) is 4.79 Å². The first-order valence-electron chi connectivity index (χ1n) is 8.65. The van der Waals surface area contributed by atoms with Crippen molar-refractivity contribution in [3.05, 3.63) is 42.5 Å². The minimum Gasteiger partial charge on any atom is -0.481 e. The first-order valence-corrected chi connectivity index (χ1v) is 8.65. The molecule has 0 spiro atoms. The maximum absolute atomic E-state index is 12.2. The van der Waals surface area contributed by atoms with Gasteiger partial charge in [-0.25, -0.2) is 0 Å². The first-order chi connectivity index (χ1) is 11.2. The van der Waals surface area contributed by atoms with Crippen LogP contribution in [0.3, 0.4) is 0 Å². The van der Waals surface area contributed by atoms with E-state index in [1.165, 1.54) is 37.5 Å². The van der Waals surface area contributed by atoms with Gasteiger partial charge in [-0.2, -0.15) is 0 Å². The average Bonchev–Trinajstić information content (AvgIpc) is 2.60. The molecule has 122 valence electrons. The van der Waals surface area contributed by atoms with E-state index >= 15 is 0 Å². The Bertz CT molecular complexity index is 661. The van der Waals surface area contributed by atoms with E-state index in [1.54, 1.807) is 0 Å². The van der Waals surface area contributed by atoms with E-state index < -0.39 is 6.10 Å². The van der Waals surface area contributed by atoms with Gasteiger partial charge in [-0.3, -0.25) is 4.79 Å². The lowest BCUT2D eigenvalue weighted by molar-refractivity contribution is -0.127. The van der Waals surface area contributed by atoms with E-state index in [4.69, 9.17) is 4.74 Å². The molecular weight excluding hydrogens is 286 g/mol. The number of rotatable bonds is 5. The van der Waals surface area contributed by atoms with Gasteiger partial charge in [0.05, 0.1) is 0 Å². The zero-order valence-corrected chi connectivity index (χ0v) is 13.8. The second-order valence-electron chi connectivity index (χ2n) is 6.52. The topological polar surface area (TPSA) is 38.3 Å². The third-order valence-electron chi connectivity index (χ3n) is 4.69. The molecule has 1 saturated carbocycles. The summed E-state index contributed by atoms with van der Waals surface area (Å²) in [6.45, 7) is 2.59. The van der Waals surface area contributed by atoms with E-state index in [0.717, 1.165) is 17.7 Å². The van der Waals surface area contributed by atoms with Gasteiger partial charge in [0.25, 0.3) is 5.91 Å². The van der Waals surface area contributed by atoms with E-state index in [0.29, 0.717) is 5.92 Å². The third kappa shape index (κ3) is 4.25. The molecule has 3 nitrogen and oxygen atoms in total. The Labute approximate surface area is 138 Å². The fourth-order valence-corrected chi connectivity index (χ4v) is 3.28. The first kappa shape index (κ1) is 15.9. The van der Waals surface area contributed by atoms with Gasteiger partial charge < -0.3 is 10.1 Å². The van der Waals surface area contributed by atoms with Crippen molar-refractivity contribution in [2.24, 2.45) is 5.92 Å². The quantitative estimate of drug-likeness (QED) is 0.894. The molecule has 1 N–H and O–H groups in total. The molecule has 0 aliphatic heterocycles. The van der Waals surface area contributed by atoms with Crippen LogP contribution in [0, 0.1) is 5.92 Å². The molecular formula is C20H25NO2. The van der Waals surface area contributed by atoms with Crippen LogP contribution in [0.5, 0.6) is 5.75 Å². The molecule has 2 aromatic rings. The van der Waals surface area contributed by atoms with Crippen molar-refractivity contribution < 1.29 is 9.53 Å². The van der Waals surface area contributed by atoms with E-state index in [1.807, 2.05) is 37.3 Å². The highest BCUT2D eigenvalue weighted by atomic mass is 16.5. The van der Waals surface area contributed by atoms with Crippen molar-refractivity contribution in [3.63, 3.8) is 0 Å². The number of benzene rings is 2. The standard InChI is InChI=1S/C20H25NO2/c1-15(20(22)21-14-16-7-3-2-4-8-16)23-19-12-11-17-9-5-6-10-18(17)13-19/h5-6,9-13,15-16H,2-4,7-8,14H2,1H3,(H,21,22). The van der Waals surface area contributed by atoms with Gasteiger partial charge in [0, 0.05) is 6.54 Å². The van der Waals surface area contributed by atoms with Crippen molar-refractivity contribution in [2.75, 3.05) is 6.54 Å². The number of ether oxygens (including phenoxy) is 1.